The summed E-state index contributed by atoms with van der Waals surface area (Å²) in [7, 11) is -6.19. The number of benzene rings is 4. The van der Waals surface area contributed by atoms with Crippen LogP contribution >= 0.6 is 0 Å². The van der Waals surface area contributed by atoms with E-state index in [9.17, 15) is 5.11 Å². The van der Waals surface area contributed by atoms with Crippen LogP contribution in [-0.4, -0.2) is 72.8 Å². The number of aliphatic hydroxyl groups excluding tert-OH is 1. The number of hydrogen-bond donors (Lipinski definition) is 1. The fourth-order valence-electron chi connectivity index (χ4n) is 8.88. The summed E-state index contributed by atoms with van der Waals surface area (Å²) >= 11 is 0. The van der Waals surface area contributed by atoms with Gasteiger partial charge in [-0.15, -0.1) is 0 Å². The van der Waals surface area contributed by atoms with Gasteiger partial charge in [0, 0.05) is 26.2 Å². The summed E-state index contributed by atoms with van der Waals surface area (Å²) in [6.45, 7) is 20.2. The fourth-order valence-corrected chi connectivity index (χ4v) is 18.2. The third-order valence-corrected chi connectivity index (χ3v) is 21.7. The van der Waals surface area contributed by atoms with Crippen molar-refractivity contribution in [2.45, 2.75) is 108 Å². The molecule has 1 heterocycles. The summed E-state index contributed by atoms with van der Waals surface area (Å²) in [5.74, 6) is 0. The zero-order chi connectivity index (χ0) is 40.5. The van der Waals surface area contributed by atoms with Gasteiger partial charge in [0.25, 0.3) is 16.6 Å². The van der Waals surface area contributed by atoms with E-state index in [2.05, 4.69) is 169 Å². The first-order chi connectivity index (χ1) is 27.4. The third-order valence-electron chi connectivity index (χ3n) is 11.7. The average Bonchev–Trinajstić information content (AvgIpc) is 3.22. The molecule has 2 fully saturated rings. The molecule has 0 radical (unpaired) electrons. The summed E-state index contributed by atoms with van der Waals surface area (Å²) in [6.07, 6.45) is 4.59. The Morgan fingerprint density at radius 1 is 0.684 bits per heavy atom. The van der Waals surface area contributed by atoms with Crippen molar-refractivity contribution in [3.8, 4) is 0 Å². The van der Waals surface area contributed by atoms with Crippen LogP contribution in [0.5, 0.6) is 0 Å². The van der Waals surface area contributed by atoms with Crippen LogP contribution in [0.4, 0.5) is 0 Å². The minimum absolute atomic E-state index is 0.0276. The lowest BCUT2D eigenvalue weighted by Crippen LogP contribution is -2.71. The van der Waals surface area contributed by atoms with E-state index in [1.165, 1.54) is 20.7 Å². The maximum atomic E-state index is 10.0. The highest BCUT2D eigenvalue weighted by atomic mass is 28.4. The Kier molecular flexibility index (Phi) is 14.4. The molecule has 0 aromatic heterocycles. The molecule has 57 heavy (non-hydrogen) atoms. The molecule has 0 spiro atoms. The first-order valence-electron chi connectivity index (χ1n) is 20.8. The maximum absolute atomic E-state index is 10.0. The van der Waals surface area contributed by atoms with Gasteiger partial charge in [0.1, 0.15) is 6.10 Å². The van der Waals surface area contributed by atoms with Crippen LogP contribution in [0.25, 0.3) is 0 Å². The van der Waals surface area contributed by atoms with Crippen molar-refractivity contribution in [2.24, 2.45) is 0 Å². The van der Waals surface area contributed by atoms with Crippen molar-refractivity contribution in [2.75, 3.05) is 26.4 Å². The molecule has 4 unspecified atom stereocenters. The smallest absolute Gasteiger partial charge is 0.262 e. The van der Waals surface area contributed by atoms with E-state index >= 15 is 0 Å². The Morgan fingerprint density at radius 3 is 1.58 bits per heavy atom. The van der Waals surface area contributed by atoms with E-state index in [1.807, 2.05) is 0 Å². The van der Waals surface area contributed by atoms with Gasteiger partial charge in [-0.1, -0.05) is 176 Å². The molecule has 1 N–H and O–H groups in total. The monoisotopic (exact) mass is 804 g/mol. The molecule has 4 aromatic carbocycles. The maximum Gasteiger partial charge on any atom is 0.262 e. The lowest BCUT2D eigenvalue weighted by Gasteiger charge is -2.52. The van der Waals surface area contributed by atoms with Gasteiger partial charge in [-0.2, -0.15) is 0 Å². The largest absolute Gasteiger partial charge is 0.401 e. The summed E-state index contributed by atoms with van der Waals surface area (Å²) in [5, 5.41) is 14.2. The lowest BCUT2D eigenvalue weighted by atomic mass is 9.84. The predicted octanol–water partition coefficient (Wildman–Crippen LogP) is 8.07. The van der Waals surface area contributed by atoms with Gasteiger partial charge in [-0.25, -0.2) is 0 Å². The lowest BCUT2D eigenvalue weighted by molar-refractivity contribution is -0.155. The van der Waals surface area contributed by atoms with Gasteiger partial charge in [-0.3, -0.25) is 0 Å². The second-order valence-corrected chi connectivity index (χ2v) is 26.0. The molecule has 8 heteroatoms. The van der Waals surface area contributed by atoms with Crippen molar-refractivity contribution in [1.29, 1.82) is 0 Å². The molecule has 2 aliphatic rings. The standard InChI is InChI=1S/C49H64O6Si2/c1-38-39(32-36-52-45-31-20-21-34-51-45)37-44(54-56(48(2,3)4,40-23-12-8-13-24-40)41-25-14-9-15-26-41)47(53-35-22-33-50)46(38)55-57(49(5,6)7,42-27-16-10-17-28-42)43-29-18-11-19-30-43/h8-19,23-30,32,44-47,50H,1,20-22,31,33-37H2,2-7H3. The van der Waals surface area contributed by atoms with Crippen molar-refractivity contribution >= 4 is 37.4 Å². The zero-order valence-corrected chi connectivity index (χ0v) is 37.0. The molecule has 1 aliphatic carbocycles. The highest BCUT2D eigenvalue weighted by Gasteiger charge is 2.57. The summed E-state index contributed by atoms with van der Waals surface area (Å²) in [5.41, 5.74) is 1.94. The van der Waals surface area contributed by atoms with Crippen LogP contribution in [0.1, 0.15) is 73.6 Å². The van der Waals surface area contributed by atoms with Gasteiger partial charge in [-0.05, 0) is 67.7 Å². The molecule has 1 saturated carbocycles. The summed E-state index contributed by atoms with van der Waals surface area (Å²) < 4.78 is 35.4. The van der Waals surface area contributed by atoms with Crippen molar-refractivity contribution in [3.63, 3.8) is 0 Å². The van der Waals surface area contributed by atoms with Crippen LogP contribution in [0.3, 0.4) is 0 Å². The Bertz CT molecular complexity index is 1790. The molecule has 4 aromatic rings. The van der Waals surface area contributed by atoms with E-state index in [4.69, 9.17) is 29.6 Å². The van der Waals surface area contributed by atoms with E-state index in [1.54, 1.807) is 0 Å². The number of ether oxygens (including phenoxy) is 3. The minimum atomic E-state index is -3.12. The Hall–Kier alpha value is -3.45. The zero-order valence-electron chi connectivity index (χ0n) is 35.0. The molecule has 6 nitrogen and oxygen atoms in total. The summed E-state index contributed by atoms with van der Waals surface area (Å²) in [6, 6.07) is 43.1. The second-order valence-electron chi connectivity index (χ2n) is 17.5. The van der Waals surface area contributed by atoms with Gasteiger partial charge in [0.15, 0.2) is 6.29 Å². The first-order valence-corrected chi connectivity index (χ1v) is 24.7. The van der Waals surface area contributed by atoms with Crippen LogP contribution in [0.15, 0.2) is 145 Å². The second kappa shape index (κ2) is 19.1. The molecule has 304 valence electrons. The van der Waals surface area contributed by atoms with E-state index in [0.29, 0.717) is 26.1 Å². The molecular formula is C49H64O6Si2. The molecule has 0 bridgehead atoms. The molecular weight excluding hydrogens is 741 g/mol. The van der Waals surface area contributed by atoms with E-state index < -0.39 is 34.9 Å². The van der Waals surface area contributed by atoms with E-state index in [0.717, 1.165) is 37.0 Å². The molecule has 0 amide bonds. The Labute approximate surface area is 344 Å². The molecule has 1 aliphatic heterocycles. The van der Waals surface area contributed by atoms with Gasteiger partial charge in [0.05, 0.1) is 18.8 Å². The molecule has 4 atom stereocenters. The van der Waals surface area contributed by atoms with Crippen molar-refractivity contribution in [3.05, 3.63) is 145 Å². The van der Waals surface area contributed by atoms with Gasteiger partial charge < -0.3 is 28.2 Å². The van der Waals surface area contributed by atoms with Crippen LogP contribution < -0.4 is 20.7 Å². The SMILES string of the molecule is C=C1C(=CCOC2CCCCO2)CC(O[Si](c2ccccc2)(c2ccccc2)C(C)(C)C)C(OCCCO)C1O[Si](c1ccccc1)(c1ccccc1)C(C)(C)C. The van der Waals surface area contributed by atoms with Crippen molar-refractivity contribution in [1.82, 2.24) is 0 Å². The van der Waals surface area contributed by atoms with E-state index in [-0.39, 0.29) is 23.0 Å². The highest BCUT2D eigenvalue weighted by Crippen LogP contribution is 2.45. The van der Waals surface area contributed by atoms with Crippen LogP contribution in [0, 0.1) is 0 Å². The molecule has 6 rings (SSSR count). The predicted molar refractivity (Wildman–Crippen MR) is 238 cm³/mol. The number of rotatable bonds is 15. The van der Waals surface area contributed by atoms with Gasteiger partial charge in [0.2, 0.25) is 0 Å². The molecule has 1 saturated heterocycles. The van der Waals surface area contributed by atoms with Crippen LogP contribution in [0.2, 0.25) is 10.1 Å². The Balaban J connectivity index is 1.55. The highest BCUT2D eigenvalue weighted by molar-refractivity contribution is 7.00. The minimum Gasteiger partial charge on any atom is -0.401 e. The Morgan fingerprint density at radius 2 is 1.16 bits per heavy atom. The quantitative estimate of drug-likeness (QED) is 0.0970. The third kappa shape index (κ3) is 9.40. The van der Waals surface area contributed by atoms with Crippen molar-refractivity contribution < 1.29 is 28.2 Å². The van der Waals surface area contributed by atoms with Gasteiger partial charge >= 0.3 is 0 Å². The average molecular weight is 805 g/mol. The number of hydrogen-bond acceptors (Lipinski definition) is 6. The summed E-state index contributed by atoms with van der Waals surface area (Å²) in [4.78, 5) is 0. The van der Waals surface area contributed by atoms with Crippen LogP contribution in [-0.2, 0) is 23.1 Å². The first kappa shape index (κ1) is 43.1. The normalized spacial score (nSPS) is 21.8. The topological polar surface area (TPSA) is 66.4 Å². The number of aliphatic hydroxyl groups is 1. The fraction of sp³-hybridized carbons (Fsp3) is 0.429.